The van der Waals surface area contributed by atoms with Crippen LogP contribution in [0, 0.1) is 0 Å². The summed E-state index contributed by atoms with van der Waals surface area (Å²) >= 11 is 0. The Bertz CT molecular complexity index is 84.2. The van der Waals surface area contributed by atoms with Crippen molar-refractivity contribution >= 4 is 0 Å². The molecule has 7 heavy (non-hydrogen) atoms. The minimum Gasteiger partial charge on any atom is -0.361 e. The Kier molecular flexibility index (Phi) is 2.26. The first kappa shape index (κ1) is 6.33. The van der Waals surface area contributed by atoms with Crippen LogP contribution >= 0.6 is 0 Å². The first-order valence-electron chi connectivity index (χ1n) is 1.57. The van der Waals surface area contributed by atoms with E-state index in [2.05, 4.69) is 0 Å². The van der Waals surface area contributed by atoms with Crippen molar-refractivity contribution in [3.05, 3.63) is 12.0 Å². The van der Waals surface area contributed by atoms with Gasteiger partial charge >= 0.3 is 6.08 Å². The summed E-state index contributed by atoms with van der Waals surface area (Å²) in [7, 11) is 1.08. The fraction of sp³-hybridized carbons (Fsp3) is 0.333. The Hall–Kier alpha value is -0.670. The zero-order valence-corrected chi connectivity index (χ0v) is 3.63. The molecule has 0 heterocycles. The average molecular weight is 111 g/mol. The number of rotatable bonds is 1. The lowest BCUT2D eigenvalue weighted by Crippen LogP contribution is -2.00. The van der Waals surface area contributed by atoms with Gasteiger partial charge in [0.25, 0.3) is 5.95 Å². The second-order valence-electron chi connectivity index (χ2n) is 0.824. The Morgan fingerprint density at radius 2 is 1.71 bits per heavy atom. The molecule has 0 aliphatic carbocycles. The average Bonchev–Trinajstić information content (AvgIpc) is 1.65. The van der Waals surface area contributed by atoms with E-state index in [-0.39, 0.29) is 0 Å². The minimum atomic E-state index is -2.32. The van der Waals surface area contributed by atoms with Crippen molar-refractivity contribution in [3.63, 3.8) is 0 Å². The van der Waals surface area contributed by atoms with Crippen LogP contribution in [-0.2, 0) is 0 Å². The maximum atomic E-state index is 11.3. The SMILES string of the molecule is CNC(F)=C(F)F. The Labute approximate surface area is 38.8 Å². The molecule has 0 atom stereocenters. The molecule has 0 aromatic carbocycles. The predicted molar refractivity (Wildman–Crippen MR) is 19.4 cm³/mol. The fourth-order valence-corrected chi connectivity index (χ4v) is 0.0945. The van der Waals surface area contributed by atoms with Gasteiger partial charge in [0.2, 0.25) is 0 Å². The third-order valence-corrected chi connectivity index (χ3v) is 0.385. The standard InChI is InChI=1S/C3H4F3N/c1-7-3(6)2(4)5/h7H,1H3. The summed E-state index contributed by atoms with van der Waals surface area (Å²) in [5.41, 5.74) is 0. The highest BCUT2D eigenvalue weighted by atomic mass is 19.3. The first-order chi connectivity index (χ1) is 3.18. The van der Waals surface area contributed by atoms with Crippen LogP contribution in [0.25, 0.3) is 0 Å². The largest absolute Gasteiger partial charge is 0.361 e. The molecule has 0 aromatic heterocycles. The van der Waals surface area contributed by atoms with Gasteiger partial charge in [-0.25, -0.2) is 0 Å². The van der Waals surface area contributed by atoms with E-state index >= 15 is 0 Å². The molecule has 0 unspecified atom stereocenters. The third kappa shape index (κ3) is 2.08. The Morgan fingerprint density at radius 3 is 1.71 bits per heavy atom. The quantitative estimate of drug-likeness (QED) is 0.502. The van der Waals surface area contributed by atoms with Crippen molar-refractivity contribution < 1.29 is 13.2 Å². The normalized spacial score (nSPS) is 8.00. The molecular formula is C3H4F3N. The highest BCUT2D eigenvalue weighted by Crippen LogP contribution is 2.03. The van der Waals surface area contributed by atoms with Crippen LogP contribution in [0.5, 0.6) is 0 Å². The predicted octanol–water partition coefficient (Wildman–Crippen LogP) is 1.24. The summed E-state index contributed by atoms with van der Waals surface area (Å²) in [6.45, 7) is 0. The highest BCUT2D eigenvalue weighted by molar-refractivity contribution is 4.86. The van der Waals surface area contributed by atoms with E-state index in [1.165, 1.54) is 0 Å². The third-order valence-electron chi connectivity index (χ3n) is 0.385. The van der Waals surface area contributed by atoms with E-state index in [9.17, 15) is 13.2 Å². The smallest absolute Gasteiger partial charge is 0.322 e. The molecule has 0 spiro atoms. The Morgan fingerprint density at radius 1 is 1.29 bits per heavy atom. The van der Waals surface area contributed by atoms with Crippen molar-refractivity contribution in [2.24, 2.45) is 0 Å². The number of nitrogens with one attached hydrogen (secondary N) is 1. The van der Waals surface area contributed by atoms with Gasteiger partial charge in [0.05, 0.1) is 0 Å². The molecule has 1 nitrogen and oxygen atoms in total. The van der Waals surface area contributed by atoms with E-state index in [1.54, 1.807) is 5.32 Å². The molecule has 42 valence electrons. The molecule has 0 saturated carbocycles. The molecule has 0 aliphatic rings. The van der Waals surface area contributed by atoms with Crippen LogP contribution in [0.1, 0.15) is 0 Å². The molecule has 0 rings (SSSR count). The lowest BCUT2D eigenvalue weighted by Gasteiger charge is -1.87. The van der Waals surface area contributed by atoms with Gasteiger partial charge in [-0.1, -0.05) is 0 Å². The second-order valence-corrected chi connectivity index (χ2v) is 0.824. The molecule has 0 amide bonds. The molecule has 0 bridgehead atoms. The van der Waals surface area contributed by atoms with Gasteiger partial charge in [-0.2, -0.15) is 13.2 Å². The lowest BCUT2D eigenvalue weighted by atomic mass is 10.9. The van der Waals surface area contributed by atoms with Crippen molar-refractivity contribution in [2.45, 2.75) is 0 Å². The number of halogens is 3. The monoisotopic (exact) mass is 111 g/mol. The highest BCUT2D eigenvalue weighted by Gasteiger charge is 1.97. The van der Waals surface area contributed by atoms with Gasteiger partial charge in [0.1, 0.15) is 0 Å². The summed E-state index contributed by atoms with van der Waals surface area (Å²) in [6, 6.07) is 0. The summed E-state index contributed by atoms with van der Waals surface area (Å²) in [6.07, 6.45) is -2.32. The lowest BCUT2D eigenvalue weighted by molar-refractivity contribution is 0.365. The number of hydrogen-bond acceptors (Lipinski definition) is 1. The van der Waals surface area contributed by atoms with Crippen LogP contribution < -0.4 is 5.32 Å². The van der Waals surface area contributed by atoms with Gasteiger partial charge in [-0.05, 0) is 0 Å². The summed E-state index contributed by atoms with van der Waals surface area (Å²) in [4.78, 5) is 0. The van der Waals surface area contributed by atoms with Crippen molar-refractivity contribution in [3.8, 4) is 0 Å². The fourth-order valence-electron chi connectivity index (χ4n) is 0.0945. The van der Waals surface area contributed by atoms with Gasteiger partial charge in [-0.15, -0.1) is 0 Å². The van der Waals surface area contributed by atoms with Gasteiger partial charge < -0.3 is 5.32 Å². The summed E-state index contributed by atoms with van der Waals surface area (Å²) < 4.78 is 33.0. The van der Waals surface area contributed by atoms with Crippen LogP contribution in [0.15, 0.2) is 12.0 Å². The Balaban J connectivity index is 3.72. The topological polar surface area (TPSA) is 12.0 Å². The van der Waals surface area contributed by atoms with Crippen molar-refractivity contribution in [1.82, 2.24) is 5.32 Å². The zero-order valence-electron chi connectivity index (χ0n) is 3.63. The first-order valence-corrected chi connectivity index (χ1v) is 1.57. The van der Waals surface area contributed by atoms with Crippen LogP contribution in [0.2, 0.25) is 0 Å². The molecular weight excluding hydrogens is 107 g/mol. The van der Waals surface area contributed by atoms with Crippen LogP contribution in [0.3, 0.4) is 0 Å². The number of hydrogen-bond donors (Lipinski definition) is 1. The van der Waals surface area contributed by atoms with Gasteiger partial charge in [0, 0.05) is 7.05 Å². The minimum absolute atomic E-state index is 1.08. The van der Waals surface area contributed by atoms with E-state index in [0.717, 1.165) is 7.05 Å². The maximum Gasteiger partial charge on any atom is 0.322 e. The summed E-state index contributed by atoms with van der Waals surface area (Å²) in [5.74, 6) is -1.57. The van der Waals surface area contributed by atoms with Gasteiger partial charge in [0.15, 0.2) is 0 Å². The molecule has 4 heteroatoms. The second kappa shape index (κ2) is 2.49. The molecule has 0 fully saturated rings. The maximum absolute atomic E-state index is 11.3. The van der Waals surface area contributed by atoms with Crippen molar-refractivity contribution in [1.29, 1.82) is 0 Å². The van der Waals surface area contributed by atoms with Gasteiger partial charge in [-0.3, -0.25) is 0 Å². The van der Waals surface area contributed by atoms with E-state index in [4.69, 9.17) is 0 Å². The van der Waals surface area contributed by atoms with E-state index in [0.29, 0.717) is 0 Å². The molecule has 0 radical (unpaired) electrons. The molecule has 0 saturated heterocycles. The van der Waals surface area contributed by atoms with Crippen LogP contribution in [0.4, 0.5) is 13.2 Å². The van der Waals surface area contributed by atoms with Crippen LogP contribution in [-0.4, -0.2) is 7.05 Å². The zero-order chi connectivity index (χ0) is 5.86. The molecule has 0 aromatic rings. The summed E-state index contributed by atoms with van der Waals surface area (Å²) in [5, 5.41) is 1.63. The molecule has 1 N–H and O–H groups in total. The van der Waals surface area contributed by atoms with E-state index in [1.807, 2.05) is 0 Å². The van der Waals surface area contributed by atoms with Crippen molar-refractivity contribution in [2.75, 3.05) is 7.05 Å². The molecule has 0 aliphatic heterocycles. The van der Waals surface area contributed by atoms with E-state index < -0.39 is 12.0 Å².